The number of thioether (sulfide) groups is 1. The Kier molecular flexibility index (Phi) is 2.90. The Balaban J connectivity index is 2.03. The van der Waals surface area contributed by atoms with E-state index in [0.717, 1.165) is 22.3 Å². The van der Waals surface area contributed by atoms with Crippen LogP contribution in [0.1, 0.15) is 16.5 Å². The second-order valence-corrected chi connectivity index (χ2v) is 5.59. The lowest BCUT2D eigenvalue weighted by molar-refractivity contribution is -0.113. The van der Waals surface area contributed by atoms with Gasteiger partial charge in [0.25, 0.3) is 5.91 Å². The highest BCUT2D eigenvalue weighted by Gasteiger charge is 2.24. The van der Waals surface area contributed by atoms with Gasteiger partial charge >= 0.3 is 0 Å². The molecule has 1 atom stereocenters. The first kappa shape index (κ1) is 12.0. The zero-order valence-corrected chi connectivity index (χ0v) is 11.1. The minimum Gasteiger partial charge on any atom is -0.388 e. The molecule has 1 amide bonds. The molecule has 0 spiro atoms. The van der Waals surface area contributed by atoms with Crippen molar-refractivity contribution in [3.63, 3.8) is 0 Å². The van der Waals surface area contributed by atoms with E-state index in [4.69, 9.17) is 5.73 Å². The number of aromatic nitrogens is 3. The third-order valence-corrected chi connectivity index (χ3v) is 4.30. The van der Waals surface area contributed by atoms with Crippen molar-refractivity contribution in [1.29, 1.82) is 0 Å². The van der Waals surface area contributed by atoms with Gasteiger partial charge in [-0.3, -0.25) is 4.79 Å². The van der Waals surface area contributed by atoms with Crippen LogP contribution in [0, 0.1) is 6.92 Å². The SMILES string of the molecule is Cc1c[nH]c2ncnc(C3CNC=C(C(N)=O)S3)c12. The maximum Gasteiger partial charge on any atom is 0.256 e. The van der Waals surface area contributed by atoms with Gasteiger partial charge in [-0.25, -0.2) is 9.97 Å². The van der Waals surface area contributed by atoms with E-state index in [9.17, 15) is 4.79 Å². The number of carbonyl (C=O) groups is 1. The molecule has 2 aromatic rings. The van der Waals surface area contributed by atoms with Crippen LogP contribution in [0.15, 0.2) is 23.6 Å². The standard InChI is InChI=1S/C12H13N5OS/c1-6-2-15-12-9(6)10(16-5-17-12)7-3-14-4-8(19-7)11(13)18/h2,4-5,7,14H,3H2,1H3,(H2,13,18)(H,15,16,17). The van der Waals surface area contributed by atoms with Gasteiger partial charge < -0.3 is 16.0 Å². The topological polar surface area (TPSA) is 96.7 Å². The van der Waals surface area contributed by atoms with E-state index in [1.54, 1.807) is 6.20 Å². The number of rotatable bonds is 2. The number of nitrogens with two attached hydrogens (primary N) is 1. The minimum absolute atomic E-state index is 0.0486. The van der Waals surface area contributed by atoms with Crippen molar-refractivity contribution >= 4 is 28.7 Å². The monoisotopic (exact) mass is 275 g/mol. The molecular weight excluding hydrogens is 262 g/mol. The van der Waals surface area contributed by atoms with Gasteiger partial charge in [-0.15, -0.1) is 11.8 Å². The van der Waals surface area contributed by atoms with E-state index in [1.165, 1.54) is 18.1 Å². The van der Waals surface area contributed by atoms with Crippen LogP contribution in [0.25, 0.3) is 11.0 Å². The summed E-state index contributed by atoms with van der Waals surface area (Å²) in [6.45, 7) is 2.72. The van der Waals surface area contributed by atoms with Crippen LogP contribution in [0.5, 0.6) is 0 Å². The lowest BCUT2D eigenvalue weighted by Gasteiger charge is -2.22. The van der Waals surface area contributed by atoms with Crippen molar-refractivity contribution in [2.45, 2.75) is 12.2 Å². The van der Waals surface area contributed by atoms with Crippen LogP contribution in [0.2, 0.25) is 0 Å². The van der Waals surface area contributed by atoms with E-state index in [2.05, 4.69) is 20.3 Å². The number of H-pyrrole nitrogens is 1. The summed E-state index contributed by atoms with van der Waals surface area (Å²) in [7, 11) is 0. The number of primary amides is 1. The van der Waals surface area contributed by atoms with E-state index < -0.39 is 5.91 Å². The van der Waals surface area contributed by atoms with Gasteiger partial charge in [-0.1, -0.05) is 0 Å². The van der Waals surface area contributed by atoms with Gasteiger partial charge in [0.05, 0.1) is 15.8 Å². The van der Waals surface area contributed by atoms with Crippen LogP contribution >= 0.6 is 11.8 Å². The van der Waals surface area contributed by atoms with Crippen LogP contribution < -0.4 is 11.1 Å². The van der Waals surface area contributed by atoms with Crippen molar-refractivity contribution < 1.29 is 4.79 Å². The van der Waals surface area contributed by atoms with Gasteiger partial charge in [0.2, 0.25) is 0 Å². The van der Waals surface area contributed by atoms with Crippen LogP contribution in [-0.2, 0) is 4.79 Å². The average molecular weight is 275 g/mol. The first-order valence-corrected chi connectivity index (χ1v) is 6.73. The highest BCUT2D eigenvalue weighted by atomic mass is 32.2. The lowest BCUT2D eigenvalue weighted by atomic mass is 10.1. The minimum atomic E-state index is -0.418. The summed E-state index contributed by atoms with van der Waals surface area (Å²) in [4.78, 5) is 23.5. The van der Waals surface area contributed by atoms with Gasteiger partial charge in [0.1, 0.15) is 12.0 Å². The number of nitrogens with zero attached hydrogens (tertiary/aromatic N) is 2. The molecule has 0 saturated heterocycles. The molecule has 0 fully saturated rings. The maximum atomic E-state index is 11.3. The zero-order valence-electron chi connectivity index (χ0n) is 10.3. The fraction of sp³-hybridized carbons (Fsp3) is 0.250. The Morgan fingerprint density at radius 2 is 2.37 bits per heavy atom. The zero-order chi connectivity index (χ0) is 13.4. The molecule has 0 radical (unpaired) electrons. The average Bonchev–Trinajstić information content (AvgIpc) is 2.81. The lowest BCUT2D eigenvalue weighted by Crippen LogP contribution is -2.25. The molecule has 1 aliphatic heterocycles. The fourth-order valence-electron chi connectivity index (χ4n) is 2.16. The summed E-state index contributed by atoms with van der Waals surface area (Å²) >= 11 is 1.44. The van der Waals surface area contributed by atoms with Crippen molar-refractivity contribution in [3.05, 3.63) is 34.9 Å². The Morgan fingerprint density at radius 1 is 1.53 bits per heavy atom. The molecule has 2 aromatic heterocycles. The van der Waals surface area contributed by atoms with E-state index in [1.807, 2.05) is 13.1 Å². The third kappa shape index (κ3) is 2.06. The van der Waals surface area contributed by atoms with Crippen molar-refractivity contribution in [1.82, 2.24) is 20.3 Å². The molecule has 1 unspecified atom stereocenters. The second kappa shape index (κ2) is 4.58. The number of hydrogen-bond donors (Lipinski definition) is 3. The molecule has 3 heterocycles. The number of nitrogens with one attached hydrogen (secondary N) is 2. The summed E-state index contributed by atoms with van der Waals surface area (Å²) < 4.78 is 0. The van der Waals surface area contributed by atoms with Gasteiger partial charge in [0, 0.05) is 24.3 Å². The molecule has 19 heavy (non-hydrogen) atoms. The molecule has 0 saturated carbocycles. The summed E-state index contributed by atoms with van der Waals surface area (Å²) in [5, 5.41) is 4.16. The Hall–Kier alpha value is -2.02. The molecule has 0 aromatic carbocycles. The van der Waals surface area contributed by atoms with Crippen molar-refractivity contribution in [3.8, 4) is 0 Å². The van der Waals surface area contributed by atoms with Crippen LogP contribution in [0.3, 0.4) is 0 Å². The fourth-order valence-corrected chi connectivity index (χ4v) is 3.20. The van der Waals surface area contributed by atoms with E-state index in [0.29, 0.717) is 11.4 Å². The third-order valence-electron chi connectivity index (χ3n) is 3.05. The van der Waals surface area contributed by atoms with Gasteiger partial charge in [-0.2, -0.15) is 0 Å². The summed E-state index contributed by atoms with van der Waals surface area (Å²) in [5.41, 5.74) is 8.16. The normalized spacial score (nSPS) is 19.0. The molecule has 7 heteroatoms. The number of hydrogen-bond acceptors (Lipinski definition) is 5. The maximum absolute atomic E-state index is 11.3. The number of amides is 1. The molecule has 0 bridgehead atoms. The quantitative estimate of drug-likeness (QED) is 0.759. The number of aromatic amines is 1. The smallest absolute Gasteiger partial charge is 0.256 e. The van der Waals surface area contributed by atoms with E-state index >= 15 is 0 Å². The summed E-state index contributed by atoms with van der Waals surface area (Å²) in [5.74, 6) is -0.418. The molecule has 6 nitrogen and oxygen atoms in total. The first-order chi connectivity index (χ1) is 9.16. The summed E-state index contributed by atoms with van der Waals surface area (Å²) in [6.07, 6.45) is 5.11. The molecule has 4 N–H and O–H groups in total. The molecule has 0 aliphatic carbocycles. The highest BCUT2D eigenvalue weighted by Crippen LogP contribution is 2.38. The number of carbonyl (C=O) groups excluding carboxylic acids is 1. The van der Waals surface area contributed by atoms with Crippen molar-refractivity contribution in [2.24, 2.45) is 5.73 Å². The molecule has 3 rings (SSSR count). The Bertz CT molecular complexity index is 678. The second-order valence-electron chi connectivity index (χ2n) is 4.34. The highest BCUT2D eigenvalue weighted by molar-refractivity contribution is 8.04. The first-order valence-electron chi connectivity index (χ1n) is 5.85. The van der Waals surface area contributed by atoms with Crippen molar-refractivity contribution in [2.75, 3.05) is 6.54 Å². The number of aryl methyl sites for hydroxylation is 1. The Morgan fingerprint density at radius 3 is 3.16 bits per heavy atom. The van der Waals surface area contributed by atoms with Crippen LogP contribution in [0.4, 0.5) is 0 Å². The largest absolute Gasteiger partial charge is 0.388 e. The number of fused-ring (bicyclic) bond motifs is 1. The van der Waals surface area contributed by atoms with E-state index in [-0.39, 0.29) is 5.25 Å². The molecular formula is C12H13N5OS. The predicted molar refractivity (Wildman–Crippen MR) is 74.2 cm³/mol. The summed E-state index contributed by atoms with van der Waals surface area (Å²) in [6, 6.07) is 0. The predicted octanol–water partition coefficient (Wildman–Crippen LogP) is 0.971. The van der Waals surface area contributed by atoms with Crippen LogP contribution in [-0.4, -0.2) is 27.4 Å². The van der Waals surface area contributed by atoms with Gasteiger partial charge in [-0.05, 0) is 12.5 Å². The Labute approximate surface area is 113 Å². The van der Waals surface area contributed by atoms with Gasteiger partial charge in [0.15, 0.2) is 0 Å². The molecule has 1 aliphatic rings. The molecule has 98 valence electrons.